The number of aliphatic imine (C=N–C) groups is 1. The van der Waals surface area contributed by atoms with E-state index in [1.807, 2.05) is 32.0 Å². The highest BCUT2D eigenvalue weighted by Gasteiger charge is 2.25. The van der Waals surface area contributed by atoms with Crippen LogP contribution in [-0.4, -0.2) is 45.1 Å². The average Bonchev–Trinajstić information content (AvgIpc) is 2.40. The van der Waals surface area contributed by atoms with Gasteiger partial charge in [0, 0.05) is 5.69 Å². The second-order valence-electron chi connectivity index (χ2n) is 5.26. The fourth-order valence-corrected chi connectivity index (χ4v) is 3.35. The van der Waals surface area contributed by atoms with Gasteiger partial charge in [0.1, 0.15) is 0 Å². The molecule has 0 bridgehead atoms. The molecule has 0 aromatic heterocycles. The van der Waals surface area contributed by atoms with Crippen LogP contribution in [0.1, 0.15) is 11.1 Å². The smallest absolute Gasteiger partial charge is 0.193 e. The Bertz CT molecular complexity index is 647. The molecule has 1 fully saturated rings. The van der Waals surface area contributed by atoms with Gasteiger partial charge in [0.2, 0.25) is 0 Å². The Morgan fingerprint density at radius 2 is 2.14 bits per heavy atom. The lowest BCUT2D eigenvalue weighted by molar-refractivity contribution is 0.0783. The highest BCUT2D eigenvalue weighted by atomic mass is 127. The van der Waals surface area contributed by atoms with Crippen molar-refractivity contribution in [2.45, 2.75) is 20.0 Å². The van der Waals surface area contributed by atoms with Gasteiger partial charge >= 0.3 is 0 Å². The lowest BCUT2D eigenvalue weighted by atomic mass is 10.1. The zero-order chi connectivity index (χ0) is 15.5. The fraction of sp³-hybridized carbons (Fsp3) is 0.500. The van der Waals surface area contributed by atoms with Gasteiger partial charge in [-0.2, -0.15) is 0 Å². The number of hydrogen-bond donors (Lipinski definition) is 2. The monoisotopic (exact) mass is 439 g/mol. The molecule has 0 amide bonds. The van der Waals surface area contributed by atoms with E-state index in [9.17, 15) is 8.42 Å². The third kappa shape index (κ3) is 5.73. The summed E-state index contributed by atoms with van der Waals surface area (Å²) in [6, 6.07) is 5.91. The van der Waals surface area contributed by atoms with Crippen LogP contribution in [0.15, 0.2) is 23.2 Å². The molecule has 1 aromatic rings. The third-order valence-electron chi connectivity index (χ3n) is 3.43. The number of sulfone groups is 1. The summed E-state index contributed by atoms with van der Waals surface area (Å²) in [4.78, 5) is 4.15. The summed E-state index contributed by atoms with van der Waals surface area (Å²) >= 11 is 0. The van der Waals surface area contributed by atoms with Gasteiger partial charge in [-0.05, 0) is 37.1 Å². The molecule has 1 aliphatic rings. The molecule has 1 heterocycles. The Balaban J connectivity index is 0.00000242. The van der Waals surface area contributed by atoms with Crippen molar-refractivity contribution >= 4 is 45.5 Å². The number of benzene rings is 1. The number of aryl methyl sites for hydroxylation is 2. The van der Waals surface area contributed by atoms with Crippen LogP contribution in [0.25, 0.3) is 0 Å². The van der Waals surface area contributed by atoms with E-state index in [1.54, 1.807) is 0 Å². The minimum atomic E-state index is -3.00. The molecule has 3 N–H and O–H groups in total. The van der Waals surface area contributed by atoms with E-state index in [1.165, 1.54) is 5.56 Å². The standard InChI is InChI=1S/C14H21N3O3S.HI/c1-10-3-4-12(7-11(10)2)17-14(15)16-8-13-9-21(18,19)6-5-20-13;/h3-4,7,13H,5-6,8-9H2,1-2H3,(H3,15,16,17);1H. The number of hydrogen-bond acceptors (Lipinski definition) is 4. The predicted molar refractivity (Wildman–Crippen MR) is 99.8 cm³/mol. The van der Waals surface area contributed by atoms with Gasteiger partial charge in [-0.15, -0.1) is 24.0 Å². The number of anilines is 1. The van der Waals surface area contributed by atoms with Gasteiger partial charge in [0.15, 0.2) is 15.8 Å². The highest BCUT2D eigenvalue weighted by Crippen LogP contribution is 2.14. The SMILES string of the molecule is Cc1ccc(NC(N)=NCC2CS(=O)(=O)CCO2)cc1C.I. The van der Waals surface area contributed by atoms with Gasteiger partial charge in [-0.3, -0.25) is 4.99 Å². The number of nitrogens with one attached hydrogen (secondary N) is 1. The molecule has 22 heavy (non-hydrogen) atoms. The second kappa shape index (κ2) is 8.11. The van der Waals surface area contributed by atoms with Crippen molar-refractivity contribution in [2.75, 3.05) is 30.0 Å². The van der Waals surface area contributed by atoms with Crippen molar-refractivity contribution in [3.63, 3.8) is 0 Å². The first-order chi connectivity index (χ1) is 9.85. The van der Waals surface area contributed by atoms with Crippen LogP contribution in [-0.2, 0) is 14.6 Å². The van der Waals surface area contributed by atoms with Gasteiger partial charge in [0.05, 0.1) is 30.8 Å². The molecule has 8 heteroatoms. The molecule has 2 rings (SSSR count). The maximum absolute atomic E-state index is 11.5. The first-order valence-corrected chi connectivity index (χ1v) is 8.64. The number of halogens is 1. The van der Waals surface area contributed by atoms with Crippen LogP contribution < -0.4 is 11.1 Å². The summed E-state index contributed by atoms with van der Waals surface area (Å²) in [5, 5.41) is 2.99. The van der Waals surface area contributed by atoms with E-state index in [-0.39, 0.29) is 54.6 Å². The topological polar surface area (TPSA) is 93.8 Å². The lowest BCUT2D eigenvalue weighted by Gasteiger charge is -2.21. The maximum Gasteiger partial charge on any atom is 0.193 e. The van der Waals surface area contributed by atoms with Crippen molar-refractivity contribution in [3.05, 3.63) is 29.3 Å². The van der Waals surface area contributed by atoms with E-state index < -0.39 is 15.9 Å². The van der Waals surface area contributed by atoms with Crippen LogP contribution in [0, 0.1) is 13.8 Å². The molecular formula is C14H22IN3O3S. The Labute approximate surface area is 148 Å². The van der Waals surface area contributed by atoms with Crippen LogP contribution in [0.2, 0.25) is 0 Å². The molecule has 0 spiro atoms. The largest absolute Gasteiger partial charge is 0.374 e. The molecule has 124 valence electrons. The predicted octanol–water partition coefficient (Wildman–Crippen LogP) is 1.46. The fourth-order valence-electron chi connectivity index (χ4n) is 2.07. The number of ether oxygens (including phenoxy) is 1. The van der Waals surface area contributed by atoms with Crippen LogP contribution in [0.3, 0.4) is 0 Å². The second-order valence-corrected chi connectivity index (χ2v) is 7.49. The summed E-state index contributed by atoms with van der Waals surface area (Å²) in [7, 11) is -3.00. The summed E-state index contributed by atoms with van der Waals surface area (Å²) in [5.41, 5.74) is 9.04. The van der Waals surface area contributed by atoms with E-state index in [0.29, 0.717) is 0 Å². The normalized spacial score (nSPS) is 21.0. The lowest BCUT2D eigenvalue weighted by Crippen LogP contribution is -2.37. The number of nitrogens with two attached hydrogens (primary N) is 1. The van der Waals surface area contributed by atoms with Crippen LogP contribution in [0.4, 0.5) is 5.69 Å². The van der Waals surface area contributed by atoms with Gasteiger partial charge in [0.25, 0.3) is 0 Å². The van der Waals surface area contributed by atoms with Crippen molar-refractivity contribution in [2.24, 2.45) is 10.7 Å². The number of rotatable bonds is 3. The molecule has 1 saturated heterocycles. The molecule has 1 aliphatic heterocycles. The molecule has 0 radical (unpaired) electrons. The third-order valence-corrected chi connectivity index (χ3v) is 5.10. The first-order valence-electron chi connectivity index (χ1n) is 6.82. The molecule has 1 atom stereocenters. The Morgan fingerprint density at radius 1 is 1.41 bits per heavy atom. The summed E-state index contributed by atoms with van der Waals surface area (Å²) < 4.78 is 28.4. The van der Waals surface area contributed by atoms with Gasteiger partial charge in [-0.25, -0.2) is 8.42 Å². The van der Waals surface area contributed by atoms with Gasteiger partial charge in [-0.1, -0.05) is 6.07 Å². The van der Waals surface area contributed by atoms with Gasteiger partial charge < -0.3 is 15.8 Å². The Hall–Kier alpha value is -0.870. The van der Waals surface area contributed by atoms with Crippen molar-refractivity contribution in [3.8, 4) is 0 Å². The van der Waals surface area contributed by atoms with Crippen LogP contribution >= 0.6 is 24.0 Å². The minimum absolute atomic E-state index is 0. The summed E-state index contributed by atoms with van der Waals surface area (Å²) in [5.74, 6) is 0.349. The van der Waals surface area contributed by atoms with E-state index in [0.717, 1.165) is 11.3 Å². The number of nitrogens with zero attached hydrogens (tertiary/aromatic N) is 1. The molecule has 1 unspecified atom stereocenters. The van der Waals surface area contributed by atoms with Crippen molar-refractivity contribution in [1.82, 2.24) is 0 Å². The Kier molecular flexibility index (Phi) is 7.07. The average molecular weight is 439 g/mol. The first kappa shape index (κ1) is 19.2. The molecule has 1 aromatic carbocycles. The van der Waals surface area contributed by atoms with E-state index >= 15 is 0 Å². The Morgan fingerprint density at radius 3 is 2.77 bits per heavy atom. The molecule has 6 nitrogen and oxygen atoms in total. The zero-order valence-electron chi connectivity index (χ0n) is 12.7. The van der Waals surface area contributed by atoms with Crippen LogP contribution in [0.5, 0.6) is 0 Å². The minimum Gasteiger partial charge on any atom is -0.374 e. The summed E-state index contributed by atoms with van der Waals surface area (Å²) in [6.07, 6.45) is -0.413. The maximum atomic E-state index is 11.5. The van der Waals surface area contributed by atoms with E-state index in [2.05, 4.69) is 10.3 Å². The molecule has 0 aliphatic carbocycles. The molecular weight excluding hydrogens is 417 g/mol. The number of guanidine groups is 1. The zero-order valence-corrected chi connectivity index (χ0v) is 15.9. The van der Waals surface area contributed by atoms with Crippen molar-refractivity contribution < 1.29 is 13.2 Å². The quantitative estimate of drug-likeness (QED) is 0.423. The molecule has 0 saturated carbocycles. The van der Waals surface area contributed by atoms with Crippen molar-refractivity contribution in [1.29, 1.82) is 0 Å². The van der Waals surface area contributed by atoms with E-state index in [4.69, 9.17) is 10.5 Å². The highest BCUT2D eigenvalue weighted by molar-refractivity contribution is 14.0. The summed E-state index contributed by atoms with van der Waals surface area (Å²) in [6.45, 7) is 4.53.